The van der Waals surface area contributed by atoms with Gasteiger partial charge in [0.15, 0.2) is 5.96 Å². The molecular weight excluding hydrogens is 445 g/mol. The molecule has 0 bridgehead atoms. The SMILES string of the molecule is CCc1ccc(CNC(=NC)NC2C3CCOC3C23CCCC3)s1.I. The van der Waals surface area contributed by atoms with E-state index in [1.807, 2.05) is 18.4 Å². The van der Waals surface area contributed by atoms with Crippen molar-refractivity contribution in [1.82, 2.24) is 10.6 Å². The third-order valence-corrected chi connectivity index (χ3v) is 7.53. The molecule has 1 aromatic rings. The van der Waals surface area contributed by atoms with E-state index >= 15 is 0 Å². The van der Waals surface area contributed by atoms with Gasteiger partial charge < -0.3 is 15.4 Å². The van der Waals surface area contributed by atoms with Gasteiger partial charge >= 0.3 is 0 Å². The van der Waals surface area contributed by atoms with Gasteiger partial charge in [-0.1, -0.05) is 19.8 Å². The normalized spacial score (nSPS) is 29.8. The van der Waals surface area contributed by atoms with E-state index in [4.69, 9.17) is 4.74 Å². The van der Waals surface area contributed by atoms with Crippen LogP contribution >= 0.6 is 35.3 Å². The highest BCUT2D eigenvalue weighted by atomic mass is 127. The first-order chi connectivity index (χ1) is 11.8. The molecule has 2 N–H and O–H groups in total. The lowest BCUT2D eigenvalue weighted by atomic mass is 9.54. The number of ether oxygens (including phenoxy) is 1. The zero-order valence-electron chi connectivity index (χ0n) is 15.2. The molecule has 25 heavy (non-hydrogen) atoms. The van der Waals surface area contributed by atoms with Gasteiger partial charge in [0.2, 0.25) is 0 Å². The van der Waals surface area contributed by atoms with Crippen LogP contribution in [0, 0.1) is 11.3 Å². The molecule has 2 saturated carbocycles. The number of aryl methyl sites for hydroxylation is 1. The average Bonchev–Trinajstić information content (AvgIpc) is 3.34. The van der Waals surface area contributed by atoms with Crippen LogP contribution in [0.2, 0.25) is 0 Å². The Kier molecular flexibility index (Phi) is 6.31. The van der Waals surface area contributed by atoms with Crippen molar-refractivity contribution >= 4 is 41.3 Å². The summed E-state index contributed by atoms with van der Waals surface area (Å²) in [5.41, 5.74) is 0.372. The van der Waals surface area contributed by atoms with E-state index in [9.17, 15) is 0 Å². The zero-order chi connectivity index (χ0) is 16.6. The summed E-state index contributed by atoms with van der Waals surface area (Å²) < 4.78 is 6.08. The lowest BCUT2D eigenvalue weighted by Gasteiger charge is -2.57. The first kappa shape index (κ1) is 19.4. The van der Waals surface area contributed by atoms with Gasteiger partial charge in [0.1, 0.15) is 0 Å². The quantitative estimate of drug-likeness (QED) is 0.394. The van der Waals surface area contributed by atoms with Crippen LogP contribution in [0.5, 0.6) is 0 Å². The summed E-state index contributed by atoms with van der Waals surface area (Å²) in [6, 6.07) is 5.00. The Bertz CT molecular complexity index is 612. The number of hydrogen-bond acceptors (Lipinski definition) is 3. The molecule has 3 aliphatic rings. The molecule has 1 aromatic heterocycles. The third kappa shape index (κ3) is 3.46. The third-order valence-electron chi connectivity index (χ3n) is 6.30. The van der Waals surface area contributed by atoms with Gasteiger partial charge in [-0.05, 0) is 37.8 Å². The molecule has 0 aromatic carbocycles. The van der Waals surface area contributed by atoms with Gasteiger partial charge in [-0.3, -0.25) is 4.99 Å². The number of aliphatic imine (C=N–C) groups is 1. The van der Waals surface area contributed by atoms with E-state index in [1.165, 1.54) is 41.9 Å². The fourth-order valence-corrected chi connectivity index (χ4v) is 6.02. The number of nitrogens with zero attached hydrogens (tertiary/aromatic N) is 1. The minimum absolute atomic E-state index is 0. The van der Waals surface area contributed by atoms with Crippen molar-refractivity contribution in [1.29, 1.82) is 0 Å². The Morgan fingerprint density at radius 3 is 2.76 bits per heavy atom. The summed E-state index contributed by atoms with van der Waals surface area (Å²) in [5.74, 6) is 1.62. The van der Waals surface area contributed by atoms with Crippen LogP contribution in [0.15, 0.2) is 17.1 Å². The van der Waals surface area contributed by atoms with Crippen molar-refractivity contribution in [2.75, 3.05) is 13.7 Å². The molecule has 3 fully saturated rings. The topological polar surface area (TPSA) is 45.7 Å². The first-order valence-corrected chi connectivity index (χ1v) is 10.2. The number of thiophene rings is 1. The van der Waals surface area contributed by atoms with Crippen molar-refractivity contribution in [3.05, 3.63) is 21.9 Å². The van der Waals surface area contributed by atoms with Crippen LogP contribution < -0.4 is 10.6 Å². The fraction of sp³-hybridized carbons (Fsp3) is 0.737. The Morgan fingerprint density at radius 1 is 1.32 bits per heavy atom. The minimum Gasteiger partial charge on any atom is -0.377 e. The van der Waals surface area contributed by atoms with Crippen LogP contribution in [0.25, 0.3) is 0 Å². The highest BCUT2D eigenvalue weighted by Crippen LogP contribution is 2.60. The molecule has 1 spiro atoms. The summed E-state index contributed by atoms with van der Waals surface area (Å²) in [4.78, 5) is 7.30. The Morgan fingerprint density at radius 2 is 2.08 bits per heavy atom. The lowest BCUT2D eigenvalue weighted by molar-refractivity contribution is -0.125. The van der Waals surface area contributed by atoms with Gasteiger partial charge in [0.05, 0.1) is 12.6 Å². The highest BCUT2D eigenvalue weighted by molar-refractivity contribution is 14.0. The van der Waals surface area contributed by atoms with Gasteiger partial charge in [0, 0.05) is 40.8 Å². The van der Waals surface area contributed by atoms with E-state index < -0.39 is 0 Å². The van der Waals surface area contributed by atoms with Crippen molar-refractivity contribution in [2.45, 2.75) is 64.1 Å². The van der Waals surface area contributed by atoms with Crippen molar-refractivity contribution in [3.8, 4) is 0 Å². The van der Waals surface area contributed by atoms with E-state index in [1.54, 1.807) is 0 Å². The van der Waals surface area contributed by atoms with Gasteiger partial charge in [-0.15, -0.1) is 35.3 Å². The molecule has 4 nitrogen and oxygen atoms in total. The standard InChI is InChI=1S/C19H29N3OS.HI/c1-3-13-6-7-14(24-13)12-21-18(20-2)22-16-15-8-11-23-17(15)19(16)9-4-5-10-19;/h6-7,15-17H,3-5,8-12H2,1-2H3,(H2,20,21,22);1H. The summed E-state index contributed by atoms with van der Waals surface area (Å²) in [7, 11) is 1.88. The monoisotopic (exact) mass is 475 g/mol. The van der Waals surface area contributed by atoms with Gasteiger partial charge in [-0.2, -0.15) is 0 Å². The molecule has 6 heteroatoms. The predicted molar refractivity (Wildman–Crippen MR) is 115 cm³/mol. The summed E-state index contributed by atoms with van der Waals surface area (Å²) >= 11 is 1.89. The lowest BCUT2D eigenvalue weighted by Crippen LogP contribution is -2.69. The molecule has 3 unspecified atom stereocenters. The second-order valence-electron chi connectivity index (χ2n) is 7.45. The maximum Gasteiger partial charge on any atom is 0.191 e. The number of fused-ring (bicyclic) bond motifs is 2. The molecule has 2 aliphatic carbocycles. The van der Waals surface area contributed by atoms with Crippen molar-refractivity contribution < 1.29 is 4.74 Å². The smallest absolute Gasteiger partial charge is 0.191 e. The maximum absolute atomic E-state index is 6.08. The average molecular weight is 475 g/mol. The molecule has 0 amide bonds. The predicted octanol–water partition coefficient (Wildman–Crippen LogP) is 3.94. The molecule has 3 atom stereocenters. The maximum atomic E-state index is 6.08. The van der Waals surface area contributed by atoms with Crippen LogP contribution in [-0.4, -0.2) is 31.8 Å². The Labute approximate surface area is 172 Å². The molecule has 1 aliphatic heterocycles. The number of rotatable bonds is 4. The largest absolute Gasteiger partial charge is 0.377 e. The molecule has 0 radical (unpaired) electrons. The molecule has 2 heterocycles. The number of halogens is 1. The highest BCUT2D eigenvalue weighted by Gasteiger charge is 2.65. The van der Waals surface area contributed by atoms with Crippen molar-refractivity contribution in [2.24, 2.45) is 16.3 Å². The molecule has 4 rings (SSSR count). The molecular formula is C19H30IN3OS. The van der Waals surface area contributed by atoms with E-state index in [-0.39, 0.29) is 24.0 Å². The number of hydrogen-bond donors (Lipinski definition) is 2. The second-order valence-corrected chi connectivity index (χ2v) is 8.71. The van der Waals surface area contributed by atoms with Crippen LogP contribution in [0.1, 0.15) is 48.8 Å². The summed E-state index contributed by atoms with van der Waals surface area (Å²) in [5, 5.41) is 7.28. The zero-order valence-corrected chi connectivity index (χ0v) is 18.4. The minimum atomic E-state index is 0. The first-order valence-electron chi connectivity index (χ1n) is 9.43. The molecule has 140 valence electrons. The van der Waals surface area contributed by atoms with E-state index in [0.717, 1.165) is 25.5 Å². The van der Waals surface area contributed by atoms with Crippen LogP contribution in [-0.2, 0) is 17.7 Å². The Balaban J connectivity index is 0.00000182. The van der Waals surface area contributed by atoms with Gasteiger partial charge in [0.25, 0.3) is 0 Å². The van der Waals surface area contributed by atoms with Crippen LogP contribution in [0.4, 0.5) is 0 Å². The summed E-state index contributed by atoms with van der Waals surface area (Å²) in [6.07, 6.45) is 8.15. The van der Waals surface area contributed by atoms with Crippen LogP contribution in [0.3, 0.4) is 0 Å². The van der Waals surface area contributed by atoms with Crippen molar-refractivity contribution in [3.63, 3.8) is 0 Å². The molecule has 1 saturated heterocycles. The Hall–Kier alpha value is -0.340. The van der Waals surface area contributed by atoms with E-state index in [2.05, 4.69) is 34.7 Å². The fourth-order valence-electron chi connectivity index (χ4n) is 5.12. The second kappa shape index (κ2) is 8.13. The van der Waals surface area contributed by atoms with Gasteiger partial charge in [-0.25, -0.2) is 0 Å². The van der Waals surface area contributed by atoms with E-state index in [0.29, 0.717) is 23.5 Å². The summed E-state index contributed by atoms with van der Waals surface area (Å²) in [6.45, 7) is 4.01. The number of guanidine groups is 1. The number of nitrogens with one attached hydrogen (secondary N) is 2.